The summed E-state index contributed by atoms with van der Waals surface area (Å²) < 4.78 is 0. The zero-order chi connectivity index (χ0) is 54.0. The topological polar surface area (TPSA) is 436 Å². The molecule has 9 amide bonds. The highest BCUT2D eigenvalue weighted by molar-refractivity contribution is 5.97. The lowest BCUT2D eigenvalue weighted by Crippen LogP contribution is -2.60. The van der Waals surface area contributed by atoms with Crippen LogP contribution in [0.25, 0.3) is 0 Å². The van der Waals surface area contributed by atoms with Crippen molar-refractivity contribution >= 4 is 65.1 Å². The van der Waals surface area contributed by atoms with Crippen LogP contribution in [0.2, 0.25) is 0 Å². The zero-order valence-electron chi connectivity index (χ0n) is 41.1. The van der Waals surface area contributed by atoms with Crippen LogP contribution in [0.3, 0.4) is 0 Å². The normalized spacial score (nSPS) is 19.4. The summed E-state index contributed by atoms with van der Waals surface area (Å²) in [5.74, 6) is -8.04. The molecule has 0 radical (unpaired) electrons. The van der Waals surface area contributed by atoms with Gasteiger partial charge in [0, 0.05) is 51.9 Å². The summed E-state index contributed by atoms with van der Waals surface area (Å²) in [5.41, 5.74) is 28.4. The number of aliphatic imine (C=N–C) groups is 2. The predicted molar refractivity (Wildman–Crippen MR) is 268 cm³/mol. The number of hydrogen-bond donors (Lipinski definition) is 14. The number of nitrogens with two attached hydrogens (primary N) is 5. The molecule has 26 heteroatoms. The van der Waals surface area contributed by atoms with Crippen molar-refractivity contribution < 1.29 is 53.4 Å². The number of aliphatic hydroxyl groups is 1. The van der Waals surface area contributed by atoms with Gasteiger partial charge in [-0.25, -0.2) is 0 Å². The Hall–Kier alpha value is -8.03. The molecular formula is C47H71N15O11. The number of hydrogen-bond acceptors (Lipinski definition) is 13. The van der Waals surface area contributed by atoms with E-state index in [-0.39, 0.29) is 88.2 Å². The van der Waals surface area contributed by atoms with E-state index in [1.54, 1.807) is 30.3 Å². The van der Waals surface area contributed by atoms with Crippen molar-refractivity contribution in [3.63, 3.8) is 0 Å². The zero-order valence-corrected chi connectivity index (χ0v) is 41.1. The van der Waals surface area contributed by atoms with E-state index in [4.69, 9.17) is 28.7 Å². The summed E-state index contributed by atoms with van der Waals surface area (Å²) in [6.45, 7) is 1.26. The highest BCUT2D eigenvalue weighted by Crippen LogP contribution is 2.14. The smallest absolute Gasteiger partial charge is 0.248 e. The van der Waals surface area contributed by atoms with Crippen LogP contribution in [0, 0.1) is 5.92 Å². The Morgan fingerprint density at radius 1 is 0.699 bits per heavy atom. The molecule has 73 heavy (non-hydrogen) atoms. The Balaban J connectivity index is 2.05. The number of carbonyl (C=O) groups is 9. The highest BCUT2D eigenvalue weighted by Gasteiger charge is 2.34. The first-order chi connectivity index (χ1) is 34.6. The number of primary amides is 1. The van der Waals surface area contributed by atoms with E-state index >= 15 is 0 Å². The van der Waals surface area contributed by atoms with Gasteiger partial charge in [0.15, 0.2) is 11.9 Å². The minimum absolute atomic E-state index is 0.0114. The van der Waals surface area contributed by atoms with Gasteiger partial charge >= 0.3 is 0 Å². The second-order valence-electron chi connectivity index (χ2n) is 17.8. The maximum absolute atomic E-state index is 14.4. The minimum atomic E-state index is -1.75. The van der Waals surface area contributed by atoms with Gasteiger partial charge in [-0.15, -0.1) is 0 Å². The molecule has 400 valence electrons. The van der Waals surface area contributed by atoms with Gasteiger partial charge in [0.2, 0.25) is 53.2 Å². The van der Waals surface area contributed by atoms with Crippen molar-refractivity contribution in [3.05, 3.63) is 65.7 Å². The summed E-state index contributed by atoms with van der Waals surface area (Å²) in [6, 6.07) is 5.95. The monoisotopic (exact) mass is 1020 g/mol. The number of nitrogens with zero attached hydrogens (tertiary/aromatic N) is 3. The third-order valence-corrected chi connectivity index (χ3v) is 11.2. The molecule has 0 unspecified atom stereocenters. The lowest BCUT2D eigenvalue weighted by molar-refractivity contribution is -0.141. The second-order valence-corrected chi connectivity index (χ2v) is 17.8. The average molecular weight is 1020 g/mol. The van der Waals surface area contributed by atoms with Crippen LogP contribution in [0.1, 0.15) is 69.9 Å². The van der Waals surface area contributed by atoms with Crippen LogP contribution in [0.5, 0.6) is 5.75 Å². The van der Waals surface area contributed by atoms with Crippen molar-refractivity contribution in [3.8, 4) is 5.75 Å². The molecule has 1 saturated heterocycles. The quantitative estimate of drug-likeness (QED) is 0.0318. The third-order valence-electron chi connectivity index (χ3n) is 11.2. The molecule has 0 bridgehead atoms. The average Bonchev–Trinajstić information content (AvgIpc) is 3.33. The van der Waals surface area contributed by atoms with Gasteiger partial charge in [0.1, 0.15) is 42.0 Å². The number of aliphatic hydroxyl groups excluding tert-OH is 1. The number of nitrogens with one attached hydrogen (secondary N) is 7. The summed E-state index contributed by atoms with van der Waals surface area (Å²) in [4.78, 5) is 132. The van der Waals surface area contributed by atoms with Gasteiger partial charge < -0.3 is 81.0 Å². The van der Waals surface area contributed by atoms with Crippen molar-refractivity contribution in [1.82, 2.24) is 42.1 Å². The van der Waals surface area contributed by atoms with Crippen molar-refractivity contribution in [1.29, 1.82) is 0 Å². The van der Waals surface area contributed by atoms with E-state index in [1.165, 1.54) is 24.3 Å². The third kappa shape index (κ3) is 22.3. The van der Waals surface area contributed by atoms with Gasteiger partial charge in [-0.3, -0.25) is 53.1 Å². The number of benzene rings is 2. The molecule has 1 heterocycles. The maximum Gasteiger partial charge on any atom is 0.248 e. The Bertz CT molecular complexity index is 2260. The first-order valence-corrected chi connectivity index (χ1v) is 23.8. The van der Waals surface area contributed by atoms with Gasteiger partial charge in [-0.2, -0.15) is 0 Å². The van der Waals surface area contributed by atoms with E-state index in [0.717, 1.165) is 4.90 Å². The van der Waals surface area contributed by atoms with Gasteiger partial charge in [-0.05, 0) is 61.3 Å². The van der Waals surface area contributed by atoms with Crippen molar-refractivity contribution in [2.75, 3.05) is 39.3 Å². The van der Waals surface area contributed by atoms with Crippen molar-refractivity contribution in [2.45, 2.75) is 108 Å². The number of amides is 9. The first-order valence-electron chi connectivity index (χ1n) is 23.8. The molecular weight excluding hydrogens is 951 g/mol. The maximum atomic E-state index is 14.4. The first kappa shape index (κ1) is 59.3. The van der Waals surface area contributed by atoms with E-state index in [2.05, 4.69) is 47.2 Å². The number of carbonyl (C=O) groups excluding carboxylic acids is 9. The van der Waals surface area contributed by atoms with E-state index < -0.39 is 122 Å². The van der Waals surface area contributed by atoms with Crippen LogP contribution in [0.15, 0.2) is 64.6 Å². The molecule has 1 fully saturated rings. The molecule has 1 aliphatic rings. The number of aromatic hydroxyl groups is 1. The summed E-state index contributed by atoms with van der Waals surface area (Å²) in [6.07, 6.45) is -0.625. The molecule has 19 N–H and O–H groups in total. The standard InChI is InChI=1S/C47H71N15O11/c1-27(2)22-33(40(48)68)58-41(69)32(11-7-19-55-47(51)52)57-39(67)25-62-21-20-53-37(65)16-17-38(66)56-31(10-6-18-54-46(49)50)42(70)59-35(24-29-12-14-30(64)15-13-29)43(71)60-34(23-28-8-4-3-5-9-28)44(72)61-36(26-63)45(62)73/h3-5,8-9,12-15,27,31-36,63-64H,6-7,10-11,16-26H2,1-2H3,(H2,48,68)(H,53,65)(H,56,66)(H,57,67)(H,58,69)(H,59,70)(H,60,71)(H,61,72)(H4,49,50,54)(H4,51,52,55)/t31-,32-,33-,34-,35-,36-/m0/s1. The summed E-state index contributed by atoms with van der Waals surface area (Å²) in [7, 11) is 0. The molecule has 0 spiro atoms. The fourth-order valence-corrected chi connectivity index (χ4v) is 7.49. The fraction of sp³-hybridized carbons (Fsp3) is 0.511. The summed E-state index contributed by atoms with van der Waals surface area (Å²) in [5, 5.41) is 38.7. The van der Waals surface area contributed by atoms with Gasteiger partial charge in [0.25, 0.3) is 0 Å². The number of phenolic OH excluding ortho intramolecular Hbond substituents is 1. The molecule has 3 rings (SSSR count). The Kier molecular flexibility index (Phi) is 24.9. The van der Waals surface area contributed by atoms with Gasteiger partial charge in [0.05, 0.1) is 13.2 Å². The minimum Gasteiger partial charge on any atom is -0.508 e. The SMILES string of the molecule is CC(C)C[C@H](NC(=O)[C@H](CCCN=C(N)N)NC(=O)CN1CCNC(=O)CCC(=O)N[C@@H](CCCN=C(N)N)C(=O)N[C@@H](Cc2ccc(O)cc2)C(=O)N[C@@H](Cc2ccccc2)C(=O)N[C@@H](CO)C1=O)C(N)=O. The van der Waals surface area contributed by atoms with Crippen LogP contribution >= 0.6 is 0 Å². The van der Waals surface area contributed by atoms with E-state index in [0.29, 0.717) is 11.1 Å². The summed E-state index contributed by atoms with van der Waals surface area (Å²) >= 11 is 0. The van der Waals surface area contributed by atoms with Crippen LogP contribution in [-0.2, 0) is 56.0 Å². The molecule has 0 saturated carbocycles. The van der Waals surface area contributed by atoms with E-state index in [1.807, 2.05) is 13.8 Å². The fourth-order valence-electron chi connectivity index (χ4n) is 7.49. The number of phenols is 1. The van der Waals surface area contributed by atoms with Crippen LogP contribution in [-0.4, -0.2) is 156 Å². The molecule has 0 aromatic heterocycles. The second kappa shape index (κ2) is 30.7. The molecule has 6 atom stereocenters. The Morgan fingerprint density at radius 2 is 1.25 bits per heavy atom. The molecule has 1 aliphatic heterocycles. The molecule has 0 aliphatic carbocycles. The number of guanidine groups is 2. The Labute approximate surface area is 422 Å². The van der Waals surface area contributed by atoms with Crippen LogP contribution < -0.4 is 65.9 Å². The van der Waals surface area contributed by atoms with E-state index in [9.17, 15) is 53.4 Å². The molecule has 2 aromatic carbocycles. The van der Waals surface area contributed by atoms with Crippen molar-refractivity contribution in [2.24, 2.45) is 44.6 Å². The molecule has 26 nitrogen and oxygen atoms in total. The highest BCUT2D eigenvalue weighted by atomic mass is 16.3. The number of rotatable bonds is 21. The largest absolute Gasteiger partial charge is 0.508 e. The van der Waals surface area contributed by atoms with Gasteiger partial charge in [-0.1, -0.05) is 56.3 Å². The van der Waals surface area contributed by atoms with Crippen LogP contribution in [0.4, 0.5) is 0 Å². The molecule has 2 aromatic rings. The Morgan fingerprint density at radius 3 is 1.81 bits per heavy atom. The predicted octanol–water partition coefficient (Wildman–Crippen LogP) is -4.54. The lowest BCUT2D eigenvalue weighted by atomic mass is 10.0. The lowest BCUT2D eigenvalue weighted by Gasteiger charge is -2.30.